The predicted octanol–water partition coefficient (Wildman–Crippen LogP) is 4.54. The van der Waals surface area contributed by atoms with Crippen LogP contribution in [0.3, 0.4) is 0 Å². The molecule has 0 aliphatic rings. The van der Waals surface area contributed by atoms with Gasteiger partial charge in [-0.05, 0) is 43.3 Å². The minimum atomic E-state index is -4.06. The summed E-state index contributed by atoms with van der Waals surface area (Å²) in [4.78, 5) is 25.6. The fourth-order valence-corrected chi connectivity index (χ4v) is 4.69. The number of hydrogen-bond donors (Lipinski definition) is 2. The number of ether oxygens (including phenoxy) is 1. The number of ketones is 1. The summed E-state index contributed by atoms with van der Waals surface area (Å²) in [6.45, 7) is 1.38. The molecule has 0 saturated heterocycles. The van der Waals surface area contributed by atoms with Gasteiger partial charge in [0.25, 0.3) is 0 Å². The van der Waals surface area contributed by atoms with E-state index in [0.717, 1.165) is 0 Å². The van der Waals surface area contributed by atoms with Crippen LogP contribution in [0.1, 0.15) is 22.8 Å². The molecule has 0 aliphatic heterocycles. The molecule has 3 aromatic rings. The number of nitrogens with one attached hydrogen (secondary N) is 2. The summed E-state index contributed by atoms with van der Waals surface area (Å²) in [5.74, 6) is -0.683. The molecule has 33 heavy (non-hydrogen) atoms. The second-order valence-electron chi connectivity index (χ2n) is 7.01. The van der Waals surface area contributed by atoms with Crippen molar-refractivity contribution < 1.29 is 22.7 Å². The number of benzene rings is 3. The molecule has 0 fully saturated rings. The lowest BCUT2D eigenvalue weighted by atomic mass is 10.0. The molecule has 0 unspecified atom stereocenters. The standard InChI is InChI=1S/C23H20Cl2N2O5S/c1-14(27-33(30,31)17-9-11-21(32-2)19(25)13-17)23(29)26-20-10-8-16(24)12-18(20)22(28)15-6-4-3-5-7-15/h3-14,27H,1-2H3,(H,26,29)/t14-/m0/s1. The average Bonchev–Trinajstić information content (AvgIpc) is 2.79. The summed E-state index contributed by atoms with van der Waals surface area (Å²) in [7, 11) is -2.65. The Labute approximate surface area is 201 Å². The van der Waals surface area contributed by atoms with Crippen LogP contribution in [0.15, 0.2) is 71.6 Å². The van der Waals surface area contributed by atoms with Gasteiger partial charge in [-0.2, -0.15) is 4.72 Å². The van der Waals surface area contributed by atoms with Crippen LogP contribution in [0.5, 0.6) is 5.75 Å². The number of rotatable bonds is 8. The van der Waals surface area contributed by atoms with E-state index >= 15 is 0 Å². The number of carbonyl (C=O) groups excluding carboxylic acids is 2. The number of anilines is 1. The minimum absolute atomic E-state index is 0.114. The van der Waals surface area contributed by atoms with Crippen LogP contribution in [-0.4, -0.2) is 33.3 Å². The molecule has 0 bridgehead atoms. The maximum absolute atomic E-state index is 12.9. The highest BCUT2D eigenvalue weighted by Gasteiger charge is 2.24. The molecule has 3 rings (SSSR count). The van der Waals surface area contributed by atoms with Crippen molar-refractivity contribution in [1.29, 1.82) is 0 Å². The number of halogens is 2. The lowest BCUT2D eigenvalue weighted by molar-refractivity contribution is -0.117. The van der Waals surface area contributed by atoms with Crippen molar-refractivity contribution in [1.82, 2.24) is 4.72 Å². The first-order chi connectivity index (χ1) is 15.6. The third kappa shape index (κ3) is 5.91. The van der Waals surface area contributed by atoms with E-state index in [0.29, 0.717) is 16.3 Å². The molecule has 1 atom stereocenters. The summed E-state index contributed by atoms with van der Waals surface area (Å²) in [5.41, 5.74) is 0.802. The van der Waals surface area contributed by atoms with Gasteiger partial charge in [0, 0.05) is 16.1 Å². The van der Waals surface area contributed by atoms with Crippen LogP contribution in [0.2, 0.25) is 10.0 Å². The van der Waals surface area contributed by atoms with E-state index in [1.807, 2.05) is 0 Å². The second kappa shape index (κ2) is 10.4. The highest BCUT2D eigenvalue weighted by atomic mass is 35.5. The lowest BCUT2D eigenvalue weighted by Gasteiger charge is -2.17. The largest absolute Gasteiger partial charge is 0.495 e. The minimum Gasteiger partial charge on any atom is -0.495 e. The van der Waals surface area contributed by atoms with E-state index in [2.05, 4.69) is 10.0 Å². The molecule has 0 aliphatic carbocycles. The number of methoxy groups -OCH3 is 1. The first kappa shape index (κ1) is 24.7. The molecule has 0 saturated carbocycles. The first-order valence-electron chi connectivity index (χ1n) is 9.68. The smallest absolute Gasteiger partial charge is 0.242 e. The Morgan fingerprint density at radius 3 is 2.30 bits per heavy atom. The Hall–Kier alpha value is -2.91. The molecule has 0 heterocycles. The van der Waals surface area contributed by atoms with Crippen LogP contribution in [0.4, 0.5) is 5.69 Å². The van der Waals surface area contributed by atoms with Crippen LogP contribution in [0, 0.1) is 0 Å². The quantitative estimate of drug-likeness (QED) is 0.436. The van der Waals surface area contributed by atoms with Gasteiger partial charge >= 0.3 is 0 Å². The molecular weight excluding hydrogens is 487 g/mol. The van der Waals surface area contributed by atoms with Crippen molar-refractivity contribution in [2.24, 2.45) is 0 Å². The molecular formula is C23H20Cl2N2O5S. The van der Waals surface area contributed by atoms with E-state index in [1.165, 1.54) is 50.4 Å². The molecule has 2 N–H and O–H groups in total. The van der Waals surface area contributed by atoms with Crippen LogP contribution >= 0.6 is 23.2 Å². The van der Waals surface area contributed by atoms with Gasteiger partial charge < -0.3 is 10.1 Å². The Morgan fingerprint density at radius 1 is 0.970 bits per heavy atom. The summed E-state index contributed by atoms with van der Waals surface area (Å²) < 4.78 is 32.7. The highest BCUT2D eigenvalue weighted by Crippen LogP contribution is 2.27. The van der Waals surface area contributed by atoms with Crippen molar-refractivity contribution in [3.63, 3.8) is 0 Å². The number of amides is 1. The SMILES string of the molecule is COc1ccc(S(=O)(=O)N[C@@H](C)C(=O)Nc2ccc(Cl)cc2C(=O)c2ccccc2)cc1Cl. The fourth-order valence-electron chi connectivity index (χ4n) is 2.97. The zero-order valence-corrected chi connectivity index (χ0v) is 20.0. The van der Waals surface area contributed by atoms with E-state index in [4.69, 9.17) is 27.9 Å². The Kier molecular flexibility index (Phi) is 7.76. The number of sulfonamides is 1. The fraction of sp³-hybridized carbons (Fsp3) is 0.130. The Morgan fingerprint density at radius 2 is 1.67 bits per heavy atom. The molecule has 7 nitrogen and oxygen atoms in total. The van der Waals surface area contributed by atoms with E-state index in [9.17, 15) is 18.0 Å². The second-order valence-corrected chi connectivity index (χ2v) is 9.57. The highest BCUT2D eigenvalue weighted by molar-refractivity contribution is 7.89. The molecule has 1 amide bonds. The number of carbonyl (C=O) groups is 2. The zero-order chi connectivity index (χ0) is 24.2. The molecule has 0 spiro atoms. The van der Waals surface area contributed by atoms with Gasteiger partial charge in [-0.3, -0.25) is 9.59 Å². The summed E-state index contributed by atoms with van der Waals surface area (Å²) in [5, 5.41) is 3.03. The monoisotopic (exact) mass is 506 g/mol. The van der Waals surface area contributed by atoms with E-state index < -0.39 is 22.0 Å². The van der Waals surface area contributed by atoms with Gasteiger partial charge in [-0.25, -0.2) is 8.42 Å². The third-order valence-corrected chi connectivity index (χ3v) is 6.75. The van der Waals surface area contributed by atoms with Gasteiger partial charge in [0.2, 0.25) is 15.9 Å². The van der Waals surface area contributed by atoms with Gasteiger partial charge in [0.05, 0.1) is 28.8 Å². The van der Waals surface area contributed by atoms with Crippen molar-refractivity contribution in [2.45, 2.75) is 17.9 Å². The molecule has 0 aromatic heterocycles. The van der Waals surface area contributed by atoms with E-state index in [1.54, 1.807) is 30.3 Å². The van der Waals surface area contributed by atoms with Crippen LogP contribution in [-0.2, 0) is 14.8 Å². The van der Waals surface area contributed by atoms with Crippen molar-refractivity contribution >= 4 is 50.6 Å². The molecule has 10 heteroatoms. The Bertz CT molecular complexity index is 1300. The predicted molar refractivity (Wildman–Crippen MR) is 128 cm³/mol. The maximum atomic E-state index is 12.9. The molecule has 172 valence electrons. The van der Waals surface area contributed by atoms with Crippen LogP contribution < -0.4 is 14.8 Å². The van der Waals surface area contributed by atoms with Crippen molar-refractivity contribution in [3.8, 4) is 5.75 Å². The van der Waals surface area contributed by atoms with Crippen LogP contribution in [0.25, 0.3) is 0 Å². The van der Waals surface area contributed by atoms with Gasteiger partial charge in [0.1, 0.15) is 5.75 Å². The van der Waals surface area contributed by atoms with Gasteiger partial charge in [-0.15, -0.1) is 0 Å². The summed E-state index contributed by atoms with van der Waals surface area (Å²) >= 11 is 12.1. The maximum Gasteiger partial charge on any atom is 0.242 e. The summed E-state index contributed by atoms with van der Waals surface area (Å²) in [6.07, 6.45) is 0. The topological polar surface area (TPSA) is 102 Å². The Balaban J connectivity index is 1.80. The van der Waals surface area contributed by atoms with Crippen molar-refractivity contribution in [2.75, 3.05) is 12.4 Å². The van der Waals surface area contributed by atoms with Gasteiger partial charge in [0.15, 0.2) is 5.78 Å². The molecule has 0 radical (unpaired) electrons. The normalized spacial score (nSPS) is 12.1. The van der Waals surface area contributed by atoms with Gasteiger partial charge in [-0.1, -0.05) is 53.5 Å². The molecule has 3 aromatic carbocycles. The summed E-state index contributed by atoms with van der Waals surface area (Å²) in [6, 6.07) is 15.8. The zero-order valence-electron chi connectivity index (χ0n) is 17.6. The lowest BCUT2D eigenvalue weighted by Crippen LogP contribution is -2.41. The number of hydrogen-bond acceptors (Lipinski definition) is 5. The average molecular weight is 507 g/mol. The first-order valence-corrected chi connectivity index (χ1v) is 11.9. The third-order valence-electron chi connectivity index (χ3n) is 4.68. The van der Waals surface area contributed by atoms with Crippen molar-refractivity contribution in [3.05, 3.63) is 87.9 Å². The van der Waals surface area contributed by atoms with E-state index in [-0.39, 0.29) is 27.0 Å².